The van der Waals surface area contributed by atoms with E-state index in [0.717, 1.165) is 37.9 Å². The highest BCUT2D eigenvalue weighted by atomic mass is 16.5. The van der Waals surface area contributed by atoms with Crippen molar-refractivity contribution in [3.8, 4) is 5.88 Å². The van der Waals surface area contributed by atoms with Crippen molar-refractivity contribution >= 4 is 0 Å². The normalized spacial score (nSPS) is 10.8. The lowest BCUT2D eigenvalue weighted by Gasteiger charge is -2.07. The largest absolute Gasteiger partial charge is 0.478 e. The highest BCUT2D eigenvalue weighted by molar-refractivity contribution is 5.17. The van der Waals surface area contributed by atoms with Crippen molar-refractivity contribution in [1.29, 1.82) is 0 Å². The molecule has 3 nitrogen and oxygen atoms in total. The summed E-state index contributed by atoms with van der Waals surface area (Å²) < 4.78 is 5.58. The molecule has 0 atom stereocenters. The van der Waals surface area contributed by atoms with Crippen LogP contribution in [0.2, 0.25) is 0 Å². The summed E-state index contributed by atoms with van der Waals surface area (Å²) in [5.74, 6) is 1.48. The molecule has 0 bridgehead atoms. The highest BCUT2D eigenvalue weighted by Gasteiger charge is 1.98. The second-order valence-corrected chi connectivity index (χ2v) is 4.67. The minimum absolute atomic E-state index is 0.731. The lowest BCUT2D eigenvalue weighted by atomic mass is 10.1. The summed E-state index contributed by atoms with van der Waals surface area (Å²) >= 11 is 0. The van der Waals surface area contributed by atoms with Crippen LogP contribution in [0.3, 0.4) is 0 Å². The summed E-state index contributed by atoms with van der Waals surface area (Å²) in [7, 11) is 0. The zero-order valence-corrected chi connectivity index (χ0v) is 11.2. The Bertz CT molecular complexity index is 296. The average Bonchev–Trinajstić information content (AvgIpc) is 2.33. The van der Waals surface area contributed by atoms with Crippen LogP contribution >= 0.6 is 0 Å². The Kier molecular flexibility index (Phi) is 6.63. The molecule has 0 radical (unpaired) electrons. The number of aromatic nitrogens is 1. The molecule has 0 aliphatic heterocycles. The van der Waals surface area contributed by atoms with E-state index in [4.69, 9.17) is 4.74 Å². The summed E-state index contributed by atoms with van der Waals surface area (Å²) in [6, 6.07) is 4.01. The van der Waals surface area contributed by atoms with Gasteiger partial charge in [0.25, 0.3) is 0 Å². The van der Waals surface area contributed by atoms with Gasteiger partial charge in [-0.25, -0.2) is 4.98 Å². The Balaban J connectivity index is 2.25. The van der Waals surface area contributed by atoms with Gasteiger partial charge in [0, 0.05) is 18.8 Å². The minimum atomic E-state index is 0.731. The topological polar surface area (TPSA) is 34.1 Å². The Morgan fingerprint density at radius 1 is 1.35 bits per heavy atom. The van der Waals surface area contributed by atoms with E-state index in [2.05, 4.69) is 37.1 Å². The van der Waals surface area contributed by atoms with Gasteiger partial charge in [-0.3, -0.25) is 0 Å². The number of nitrogens with zero attached hydrogens (tertiary/aromatic N) is 1. The lowest BCUT2D eigenvalue weighted by molar-refractivity contribution is 0.287. The zero-order chi connectivity index (χ0) is 12.5. The van der Waals surface area contributed by atoms with E-state index in [0.29, 0.717) is 0 Å². The second kappa shape index (κ2) is 8.07. The fraction of sp³-hybridized carbons (Fsp3) is 0.643. The first-order chi connectivity index (χ1) is 8.22. The van der Waals surface area contributed by atoms with Crippen LogP contribution in [-0.4, -0.2) is 18.1 Å². The first-order valence-electron chi connectivity index (χ1n) is 6.50. The Hall–Kier alpha value is -1.09. The molecule has 1 aromatic heterocycles. The third kappa shape index (κ3) is 6.27. The van der Waals surface area contributed by atoms with Crippen molar-refractivity contribution < 1.29 is 4.74 Å². The second-order valence-electron chi connectivity index (χ2n) is 4.67. The maximum absolute atomic E-state index is 5.58. The monoisotopic (exact) mass is 236 g/mol. The maximum Gasteiger partial charge on any atom is 0.213 e. The van der Waals surface area contributed by atoms with Crippen molar-refractivity contribution in [2.24, 2.45) is 5.92 Å². The van der Waals surface area contributed by atoms with Crippen molar-refractivity contribution in [1.82, 2.24) is 10.3 Å². The third-order valence-electron chi connectivity index (χ3n) is 2.55. The molecule has 1 N–H and O–H groups in total. The molecule has 0 aromatic carbocycles. The molecule has 1 heterocycles. The van der Waals surface area contributed by atoms with E-state index in [1.165, 1.54) is 12.0 Å². The van der Waals surface area contributed by atoms with E-state index in [1.54, 1.807) is 0 Å². The van der Waals surface area contributed by atoms with Crippen LogP contribution in [0.15, 0.2) is 18.3 Å². The fourth-order valence-electron chi connectivity index (χ4n) is 1.54. The molecule has 1 rings (SSSR count). The van der Waals surface area contributed by atoms with Crippen LogP contribution in [0.4, 0.5) is 0 Å². The molecule has 0 aliphatic rings. The fourth-order valence-corrected chi connectivity index (χ4v) is 1.54. The number of hydrogen-bond acceptors (Lipinski definition) is 3. The number of rotatable bonds is 8. The molecule has 0 spiro atoms. The summed E-state index contributed by atoms with van der Waals surface area (Å²) in [6.07, 6.45) is 4.18. The number of pyridine rings is 1. The van der Waals surface area contributed by atoms with Gasteiger partial charge >= 0.3 is 0 Å². The van der Waals surface area contributed by atoms with Crippen LogP contribution in [0.25, 0.3) is 0 Å². The van der Waals surface area contributed by atoms with Crippen LogP contribution < -0.4 is 10.1 Å². The summed E-state index contributed by atoms with van der Waals surface area (Å²) in [5, 5.41) is 3.27. The van der Waals surface area contributed by atoms with Gasteiger partial charge in [-0.1, -0.05) is 26.8 Å². The Labute approximate surface area is 105 Å². The van der Waals surface area contributed by atoms with Gasteiger partial charge in [-0.2, -0.15) is 0 Å². The van der Waals surface area contributed by atoms with Crippen molar-refractivity contribution in [2.45, 2.75) is 40.2 Å². The van der Waals surface area contributed by atoms with Crippen molar-refractivity contribution in [2.75, 3.05) is 13.2 Å². The minimum Gasteiger partial charge on any atom is -0.478 e. The van der Waals surface area contributed by atoms with Crippen LogP contribution in [-0.2, 0) is 6.54 Å². The summed E-state index contributed by atoms with van der Waals surface area (Å²) in [5.41, 5.74) is 1.20. The van der Waals surface area contributed by atoms with Crippen molar-refractivity contribution in [3.05, 3.63) is 23.9 Å². The first kappa shape index (κ1) is 14.0. The van der Waals surface area contributed by atoms with Gasteiger partial charge in [0.2, 0.25) is 5.88 Å². The highest BCUT2D eigenvalue weighted by Crippen LogP contribution is 2.09. The van der Waals surface area contributed by atoms with E-state index < -0.39 is 0 Å². The van der Waals surface area contributed by atoms with Crippen molar-refractivity contribution in [3.63, 3.8) is 0 Å². The van der Waals surface area contributed by atoms with Crippen LogP contribution in [0.5, 0.6) is 5.88 Å². The number of hydrogen-bond donors (Lipinski definition) is 1. The van der Waals surface area contributed by atoms with Gasteiger partial charge in [-0.15, -0.1) is 0 Å². The molecule has 17 heavy (non-hydrogen) atoms. The zero-order valence-electron chi connectivity index (χ0n) is 11.2. The maximum atomic E-state index is 5.58. The quantitative estimate of drug-likeness (QED) is 0.705. The molecule has 0 unspecified atom stereocenters. The Morgan fingerprint density at radius 2 is 2.18 bits per heavy atom. The smallest absolute Gasteiger partial charge is 0.213 e. The molecule has 0 fully saturated rings. The Morgan fingerprint density at radius 3 is 2.76 bits per heavy atom. The van der Waals surface area contributed by atoms with Crippen LogP contribution in [0, 0.1) is 5.92 Å². The standard InChI is InChI=1S/C14H24N2O/c1-4-15-10-13-7-8-14(16-11-13)17-9-5-6-12(2)3/h7-8,11-12,15H,4-6,9-10H2,1-3H3. The molecule has 0 aliphatic carbocycles. The molecule has 96 valence electrons. The third-order valence-corrected chi connectivity index (χ3v) is 2.55. The van der Waals surface area contributed by atoms with Gasteiger partial charge in [-0.05, 0) is 30.9 Å². The van der Waals surface area contributed by atoms with E-state index >= 15 is 0 Å². The van der Waals surface area contributed by atoms with Gasteiger partial charge in [0.1, 0.15) is 0 Å². The van der Waals surface area contributed by atoms with E-state index in [9.17, 15) is 0 Å². The SMILES string of the molecule is CCNCc1ccc(OCCCC(C)C)nc1. The average molecular weight is 236 g/mol. The van der Waals surface area contributed by atoms with Gasteiger partial charge < -0.3 is 10.1 Å². The molecular formula is C14H24N2O. The predicted octanol–water partition coefficient (Wildman–Crippen LogP) is 3.01. The number of ether oxygens (including phenoxy) is 1. The molecular weight excluding hydrogens is 212 g/mol. The number of nitrogens with one attached hydrogen (secondary N) is 1. The predicted molar refractivity (Wildman–Crippen MR) is 71.2 cm³/mol. The molecule has 0 saturated heterocycles. The van der Waals surface area contributed by atoms with Gasteiger partial charge in [0.05, 0.1) is 6.61 Å². The molecule has 3 heteroatoms. The summed E-state index contributed by atoms with van der Waals surface area (Å²) in [4.78, 5) is 4.29. The van der Waals surface area contributed by atoms with Gasteiger partial charge in [0.15, 0.2) is 0 Å². The van der Waals surface area contributed by atoms with E-state index in [-0.39, 0.29) is 0 Å². The van der Waals surface area contributed by atoms with E-state index in [1.807, 2.05) is 12.3 Å². The molecule has 0 saturated carbocycles. The first-order valence-corrected chi connectivity index (χ1v) is 6.50. The molecule has 1 aromatic rings. The molecule has 0 amide bonds. The lowest BCUT2D eigenvalue weighted by Crippen LogP contribution is -2.11. The van der Waals surface area contributed by atoms with Crippen LogP contribution in [0.1, 0.15) is 39.2 Å². The summed E-state index contributed by atoms with van der Waals surface area (Å²) in [6.45, 7) is 9.17.